The van der Waals surface area contributed by atoms with Crippen LogP contribution in [0.5, 0.6) is 11.5 Å². The first kappa shape index (κ1) is 17.0. The Balaban J connectivity index is 2.23. The molecule has 2 rings (SSSR count). The maximum absolute atomic E-state index is 11.1. The average molecular weight is 329 g/mol. The zero-order valence-corrected chi connectivity index (χ0v) is 11.6. The van der Waals surface area contributed by atoms with Gasteiger partial charge in [0.25, 0.3) is 5.91 Å². The molecule has 0 aromatic heterocycles. The smallest absolute Gasteiger partial charge is 0.335 e. The molecule has 1 fully saturated rings. The first-order valence-electron chi connectivity index (χ1n) is 6.44. The minimum absolute atomic E-state index is 0.0756. The zero-order valence-electron chi connectivity index (χ0n) is 11.6. The third-order valence-corrected chi connectivity index (χ3v) is 3.30. The van der Waals surface area contributed by atoms with Gasteiger partial charge in [0.05, 0.1) is 5.56 Å². The van der Waals surface area contributed by atoms with Crippen LogP contribution in [0.3, 0.4) is 0 Å². The number of hydrogen-bond acceptors (Lipinski definition) is 8. The van der Waals surface area contributed by atoms with E-state index in [0.717, 1.165) is 12.1 Å². The molecule has 0 aliphatic carbocycles. The maximum atomic E-state index is 11.1. The second kappa shape index (κ2) is 6.38. The summed E-state index contributed by atoms with van der Waals surface area (Å²) in [7, 11) is 0. The highest BCUT2D eigenvalue weighted by molar-refractivity contribution is 5.95. The van der Waals surface area contributed by atoms with Crippen LogP contribution in [0.15, 0.2) is 18.2 Å². The fourth-order valence-corrected chi connectivity index (χ4v) is 2.07. The van der Waals surface area contributed by atoms with Crippen molar-refractivity contribution in [3.8, 4) is 11.5 Å². The molecule has 7 N–H and O–H groups in total. The summed E-state index contributed by atoms with van der Waals surface area (Å²) < 4.78 is 10.1. The lowest BCUT2D eigenvalue weighted by atomic mass is 9.99. The molecule has 1 heterocycles. The molecule has 10 nitrogen and oxygen atoms in total. The third-order valence-electron chi connectivity index (χ3n) is 3.30. The monoisotopic (exact) mass is 329 g/mol. The number of aliphatic hydroxyl groups is 3. The number of aliphatic carboxylic acids is 1. The number of carbonyl (C=O) groups excluding carboxylic acids is 1. The molecule has 1 amide bonds. The molecule has 1 aromatic carbocycles. The molecule has 126 valence electrons. The summed E-state index contributed by atoms with van der Waals surface area (Å²) in [6, 6.07) is 3.37. The zero-order chi connectivity index (χ0) is 17.3. The number of rotatable bonds is 4. The summed E-state index contributed by atoms with van der Waals surface area (Å²) in [6.45, 7) is 0. The molecule has 1 aromatic rings. The van der Waals surface area contributed by atoms with E-state index in [4.69, 9.17) is 20.3 Å². The van der Waals surface area contributed by atoms with Gasteiger partial charge in [0.15, 0.2) is 6.10 Å². The van der Waals surface area contributed by atoms with E-state index >= 15 is 0 Å². The van der Waals surface area contributed by atoms with Gasteiger partial charge in [0, 0.05) is 0 Å². The highest BCUT2D eigenvalue weighted by Crippen LogP contribution is 2.27. The van der Waals surface area contributed by atoms with Crippen LogP contribution in [0.1, 0.15) is 10.4 Å². The molecule has 0 radical (unpaired) electrons. The number of benzene rings is 1. The molecular weight excluding hydrogens is 314 g/mol. The highest BCUT2D eigenvalue weighted by atomic mass is 16.7. The summed E-state index contributed by atoms with van der Waals surface area (Å²) in [5, 5.41) is 47.4. The second-order valence-electron chi connectivity index (χ2n) is 4.90. The van der Waals surface area contributed by atoms with E-state index in [0.29, 0.717) is 0 Å². The lowest BCUT2D eigenvalue weighted by molar-refractivity contribution is -0.271. The van der Waals surface area contributed by atoms with E-state index in [1.165, 1.54) is 6.07 Å². The van der Waals surface area contributed by atoms with Crippen LogP contribution in [0.2, 0.25) is 0 Å². The van der Waals surface area contributed by atoms with Gasteiger partial charge in [0.2, 0.25) is 6.29 Å². The summed E-state index contributed by atoms with van der Waals surface area (Å²) in [5.74, 6) is -2.96. The van der Waals surface area contributed by atoms with Gasteiger partial charge in [-0.1, -0.05) is 0 Å². The predicted octanol–water partition coefficient (Wildman–Crippen LogP) is -2.24. The van der Waals surface area contributed by atoms with Crippen molar-refractivity contribution < 1.29 is 44.6 Å². The van der Waals surface area contributed by atoms with Gasteiger partial charge in [-0.05, 0) is 18.2 Å². The Morgan fingerprint density at radius 2 is 1.78 bits per heavy atom. The highest BCUT2D eigenvalue weighted by Gasteiger charge is 2.48. The van der Waals surface area contributed by atoms with E-state index in [1.54, 1.807) is 0 Å². The van der Waals surface area contributed by atoms with E-state index in [-0.39, 0.29) is 11.3 Å². The molecule has 5 atom stereocenters. The minimum atomic E-state index is -1.84. The Kier molecular flexibility index (Phi) is 4.71. The molecule has 10 heteroatoms. The summed E-state index contributed by atoms with van der Waals surface area (Å²) in [5.41, 5.74) is 4.80. The number of ether oxygens (including phenoxy) is 2. The summed E-state index contributed by atoms with van der Waals surface area (Å²) in [6.07, 6.45) is -8.84. The minimum Gasteiger partial charge on any atom is -0.507 e. The molecule has 0 saturated carbocycles. The number of carboxylic acids is 1. The Bertz CT molecular complexity index is 619. The van der Waals surface area contributed by atoms with Crippen molar-refractivity contribution in [1.82, 2.24) is 0 Å². The van der Waals surface area contributed by atoms with E-state index < -0.39 is 48.3 Å². The number of phenols is 1. The lowest BCUT2D eigenvalue weighted by Gasteiger charge is -2.38. The summed E-state index contributed by atoms with van der Waals surface area (Å²) >= 11 is 0. The SMILES string of the molecule is NC(=O)c1cc(O[C@@H]2O[C@H](C(=O)O)[C@@H](O)[C@H](O)[C@H]2O)ccc1O. The normalized spacial score (nSPS) is 30.7. The van der Waals surface area contributed by atoms with E-state index in [2.05, 4.69) is 0 Å². The van der Waals surface area contributed by atoms with Gasteiger partial charge in [-0.25, -0.2) is 4.79 Å². The first-order valence-corrected chi connectivity index (χ1v) is 6.44. The molecule has 1 saturated heterocycles. The fraction of sp³-hybridized carbons (Fsp3) is 0.385. The third kappa shape index (κ3) is 3.35. The molecular formula is C13H15NO9. The van der Waals surface area contributed by atoms with Gasteiger partial charge in [-0.3, -0.25) is 4.79 Å². The number of aromatic hydroxyl groups is 1. The number of primary amides is 1. The van der Waals surface area contributed by atoms with Crippen LogP contribution in [-0.4, -0.2) is 68.1 Å². The molecule has 0 bridgehead atoms. The number of aliphatic hydroxyl groups excluding tert-OH is 3. The quantitative estimate of drug-likeness (QED) is 0.356. The van der Waals surface area contributed by atoms with Crippen molar-refractivity contribution in [2.24, 2.45) is 5.73 Å². The van der Waals surface area contributed by atoms with Crippen LogP contribution < -0.4 is 10.5 Å². The van der Waals surface area contributed by atoms with Gasteiger partial charge in [-0.15, -0.1) is 0 Å². The number of carboxylic acid groups (broad SMARTS) is 1. The fourth-order valence-electron chi connectivity index (χ4n) is 2.07. The Morgan fingerprint density at radius 1 is 1.13 bits per heavy atom. The van der Waals surface area contributed by atoms with Crippen LogP contribution in [0.4, 0.5) is 0 Å². The first-order chi connectivity index (χ1) is 10.7. The van der Waals surface area contributed by atoms with E-state index in [9.17, 15) is 30.0 Å². The van der Waals surface area contributed by atoms with Gasteiger partial charge in [-0.2, -0.15) is 0 Å². The van der Waals surface area contributed by atoms with Crippen LogP contribution >= 0.6 is 0 Å². The van der Waals surface area contributed by atoms with Crippen LogP contribution in [-0.2, 0) is 9.53 Å². The number of nitrogens with two attached hydrogens (primary N) is 1. The molecule has 1 aliphatic rings. The van der Waals surface area contributed by atoms with Crippen molar-refractivity contribution in [1.29, 1.82) is 0 Å². The van der Waals surface area contributed by atoms with Gasteiger partial charge >= 0.3 is 5.97 Å². The van der Waals surface area contributed by atoms with E-state index in [1.807, 2.05) is 0 Å². The van der Waals surface area contributed by atoms with Crippen LogP contribution in [0, 0.1) is 0 Å². The van der Waals surface area contributed by atoms with Crippen molar-refractivity contribution in [3.05, 3.63) is 23.8 Å². The topological polar surface area (TPSA) is 180 Å². The molecule has 23 heavy (non-hydrogen) atoms. The van der Waals surface area contributed by atoms with Crippen molar-refractivity contribution in [2.75, 3.05) is 0 Å². The van der Waals surface area contributed by atoms with Crippen molar-refractivity contribution in [3.63, 3.8) is 0 Å². The predicted molar refractivity (Wildman–Crippen MR) is 71.6 cm³/mol. The molecule has 0 unspecified atom stereocenters. The number of carbonyl (C=O) groups is 2. The van der Waals surface area contributed by atoms with Gasteiger partial charge in [0.1, 0.15) is 29.8 Å². The van der Waals surface area contributed by atoms with Crippen molar-refractivity contribution in [2.45, 2.75) is 30.7 Å². The molecule has 0 spiro atoms. The maximum Gasteiger partial charge on any atom is 0.335 e. The van der Waals surface area contributed by atoms with Crippen molar-refractivity contribution >= 4 is 11.9 Å². The largest absolute Gasteiger partial charge is 0.507 e. The second-order valence-corrected chi connectivity index (χ2v) is 4.90. The Hall–Kier alpha value is -2.40. The standard InChI is InChI=1S/C13H15NO9/c14-11(19)5-3-4(1-2-6(5)15)22-13-9(18)7(16)8(17)10(23-13)12(20)21/h1-3,7-10,13,15-18H,(H2,14,19)(H,20,21)/t7-,8-,9+,10-,13+/m0/s1. The number of hydrogen-bond donors (Lipinski definition) is 6. The average Bonchev–Trinajstić information content (AvgIpc) is 2.49. The van der Waals surface area contributed by atoms with Gasteiger partial charge < -0.3 is 40.7 Å². The van der Waals surface area contributed by atoms with Crippen LogP contribution in [0.25, 0.3) is 0 Å². The molecule has 1 aliphatic heterocycles. The Labute approximate surface area is 129 Å². The summed E-state index contributed by atoms with van der Waals surface area (Å²) in [4.78, 5) is 22.1. The Morgan fingerprint density at radius 3 is 2.35 bits per heavy atom. The lowest BCUT2D eigenvalue weighted by Crippen LogP contribution is -2.61. The number of amides is 1.